The number of methoxy groups -OCH3 is 2. The van der Waals surface area contributed by atoms with Gasteiger partial charge in [0.15, 0.2) is 22.5 Å². The zero-order chi connectivity index (χ0) is 22.2. The van der Waals surface area contributed by atoms with Gasteiger partial charge >= 0.3 is 0 Å². The van der Waals surface area contributed by atoms with Gasteiger partial charge < -0.3 is 19.1 Å². The predicted molar refractivity (Wildman–Crippen MR) is 119 cm³/mol. The van der Waals surface area contributed by atoms with Crippen LogP contribution in [0.5, 0.6) is 17.2 Å². The summed E-state index contributed by atoms with van der Waals surface area (Å²) in [7, 11) is 3.16. The van der Waals surface area contributed by atoms with Crippen molar-refractivity contribution in [2.24, 2.45) is 5.10 Å². The van der Waals surface area contributed by atoms with Crippen LogP contribution in [-0.2, 0) is 11.3 Å². The monoisotopic (exact) mass is 441 g/mol. The van der Waals surface area contributed by atoms with Gasteiger partial charge in [-0.15, -0.1) is 10.2 Å². The van der Waals surface area contributed by atoms with Crippen LogP contribution >= 0.6 is 11.8 Å². The number of ether oxygens (including phenoxy) is 2. The number of hydrogen-bond donors (Lipinski definition) is 2. The first-order valence-corrected chi connectivity index (χ1v) is 10.4. The minimum atomic E-state index is -0.265. The summed E-state index contributed by atoms with van der Waals surface area (Å²) in [4.78, 5) is 12.1. The van der Waals surface area contributed by atoms with Gasteiger partial charge in [0.25, 0.3) is 5.91 Å². The van der Waals surface area contributed by atoms with Crippen LogP contribution in [-0.4, -0.2) is 52.0 Å². The first-order valence-electron chi connectivity index (χ1n) is 9.45. The molecule has 0 saturated carbocycles. The molecule has 3 rings (SSSR count). The lowest BCUT2D eigenvalue weighted by Gasteiger charge is -2.10. The van der Waals surface area contributed by atoms with Crippen LogP contribution in [0.3, 0.4) is 0 Å². The number of hydrazone groups is 1. The second kappa shape index (κ2) is 10.5. The largest absolute Gasteiger partial charge is 0.508 e. The Kier molecular flexibility index (Phi) is 7.50. The molecule has 0 fully saturated rings. The van der Waals surface area contributed by atoms with Crippen LogP contribution in [0, 0.1) is 0 Å². The van der Waals surface area contributed by atoms with E-state index in [1.54, 1.807) is 38.5 Å². The lowest BCUT2D eigenvalue weighted by Crippen LogP contribution is -2.20. The maximum atomic E-state index is 12.1. The molecule has 0 spiro atoms. The summed E-state index contributed by atoms with van der Waals surface area (Å²) in [5, 5.41) is 22.3. The van der Waals surface area contributed by atoms with Crippen LogP contribution in [0.4, 0.5) is 0 Å². The molecule has 0 unspecified atom stereocenters. The molecule has 3 aromatic rings. The highest BCUT2D eigenvalue weighted by molar-refractivity contribution is 7.99. The summed E-state index contributed by atoms with van der Waals surface area (Å²) in [6.07, 6.45) is 1.51. The Labute approximate surface area is 184 Å². The number of hydrogen-bond acceptors (Lipinski definition) is 8. The number of carbonyl (C=O) groups is 1. The fourth-order valence-corrected chi connectivity index (χ4v) is 3.57. The summed E-state index contributed by atoms with van der Waals surface area (Å²) >= 11 is 1.28. The molecule has 0 aliphatic carbocycles. The SMILES string of the molecule is CCn1c(SCC(=O)N/N=C\c2ccc(O)cc2)nnc1-c1ccc(OC)c(OC)c1. The maximum absolute atomic E-state index is 12.1. The Bertz CT molecular complexity index is 1070. The van der Waals surface area contributed by atoms with Crippen LogP contribution in [0.15, 0.2) is 52.7 Å². The van der Waals surface area contributed by atoms with Crippen molar-refractivity contribution < 1.29 is 19.4 Å². The fraction of sp³-hybridized carbons (Fsp3) is 0.238. The van der Waals surface area contributed by atoms with E-state index in [0.717, 1.165) is 11.1 Å². The van der Waals surface area contributed by atoms with E-state index in [1.165, 1.54) is 18.0 Å². The van der Waals surface area contributed by atoms with E-state index >= 15 is 0 Å². The summed E-state index contributed by atoms with van der Waals surface area (Å²) in [6.45, 7) is 2.62. The average molecular weight is 442 g/mol. The highest BCUT2D eigenvalue weighted by Gasteiger charge is 2.16. The lowest BCUT2D eigenvalue weighted by atomic mass is 10.2. The van der Waals surface area contributed by atoms with Gasteiger partial charge in [0.1, 0.15) is 5.75 Å². The number of rotatable bonds is 9. The van der Waals surface area contributed by atoms with E-state index in [4.69, 9.17) is 9.47 Å². The zero-order valence-electron chi connectivity index (χ0n) is 17.4. The third-order valence-corrected chi connectivity index (χ3v) is 5.27. The Morgan fingerprint density at radius 2 is 1.90 bits per heavy atom. The Hall–Kier alpha value is -3.53. The molecule has 2 aromatic carbocycles. The molecule has 2 N–H and O–H groups in total. The van der Waals surface area contributed by atoms with Gasteiger partial charge in [-0.05, 0) is 55.0 Å². The normalized spacial score (nSPS) is 10.9. The molecule has 1 heterocycles. The molecule has 0 radical (unpaired) electrons. The highest BCUT2D eigenvalue weighted by atomic mass is 32.2. The predicted octanol–water partition coefficient (Wildman–Crippen LogP) is 2.93. The molecule has 9 nitrogen and oxygen atoms in total. The second-order valence-electron chi connectivity index (χ2n) is 6.29. The van der Waals surface area contributed by atoms with Gasteiger partial charge in [-0.3, -0.25) is 4.79 Å². The Balaban J connectivity index is 1.64. The Morgan fingerprint density at radius 3 is 2.58 bits per heavy atom. The summed E-state index contributed by atoms with van der Waals surface area (Å²) in [5.41, 5.74) is 4.07. The number of thioether (sulfide) groups is 1. The van der Waals surface area contributed by atoms with E-state index in [1.807, 2.05) is 29.7 Å². The van der Waals surface area contributed by atoms with Crippen molar-refractivity contribution >= 4 is 23.9 Å². The molecule has 10 heteroatoms. The molecule has 0 aliphatic rings. The fourth-order valence-electron chi connectivity index (χ4n) is 2.77. The quantitative estimate of drug-likeness (QED) is 0.298. The number of phenols is 1. The molecule has 0 bridgehead atoms. The molecule has 0 atom stereocenters. The van der Waals surface area contributed by atoms with Crippen molar-refractivity contribution in [1.29, 1.82) is 0 Å². The third-order valence-electron chi connectivity index (χ3n) is 4.30. The van der Waals surface area contributed by atoms with Crippen LogP contribution in [0.1, 0.15) is 12.5 Å². The molecule has 1 amide bonds. The zero-order valence-corrected chi connectivity index (χ0v) is 18.2. The number of amides is 1. The summed E-state index contributed by atoms with van der Waals surface area (Å²) in [5.74, 6) is 1.95. The molecular formula is C21H23N5O4S. The molecule has 162 valence electrons. The topological polar surface area (TPSA) is 111 Å². The molecule has 1 aromatic heterocycles. The lowest BCUT2D eigenvalue weighted by molar-refractivity contribution is -0.118. The smallest absolute Gasteiger partial charge is 0.250 e. The van der Waals surface area contributed by atoms with E-state index in [2.05, 4.69) is 20.7 Å². The first kappa shape index (κ1) is 22.2. The number of phenolic OH excluding ortho intramolecular Hbond substituents is 1. The van der Waals surface area contributed by atoms with Gasteiger partial charge in [-0.1, -0.05) is 11.8 Å². The van der Waals surface area contributed by atoms with E-state index in [9.17, 15) is 9.90 Å². The van der Waals surface area contributed by atoms with Crippen molar-refractivity contribution in [3.63, 3.8) is 0 Å². The number of benzene rings is 2. The van der Waals surface area contributed by atoms with E-state index in [-0.39, 0.29) is 17.4 Å². The van der Waals surface area contributed by atoms with Gasteiger partial charge in [-0.2, -0.15) is 5.10 Å². The van der Waals surface area contributed by atoms with Gasteiger partial charge in [0.2, 0.25) is 0 Å². The second-order valence-corrected chi connectivity index (χ2v) is 7.24. The number of nitrogens with zero attached hydrogens (tertiary/aromatic N) is 4. The third kappa shape index (κ3) is 5.54. The minimum absolute atomic E-state index is 0.136. The highest BCUT2D eigenvalue weighted by Crippen LogP contribution is 2.32. The number of nitrogens with one attached hydrogen (secondary N) is 1. The number of aromatic nitrogens is 3. The first-order chi connectivity index (χ1) is 15.0. The maximum Gasteiger partial charge on any atom is 0.250 e. The summed E-state index contributed by atoms with van der Waals surface area (Å²) < 4.78 is 12.6. The van der Waals surface area contributed by atoms with Crippen molar-refractivity contribution in [3.8, 4) is 28.6 Å². The van der Waals surface area contributed by atoms with Gasteiger partial charge in [0, 0.05) is 12.1 Å². The van der Waals surface area contributed by atoms with Gasteiger partial charge in [0.05, 0.1) is 26.2 Å². The van der Waals surface area contributed by atoms with Crippen LogP contribution < -0.4 is 14.9 Å². The molecule has 31 heavy (non-hydrogen) atoms. The average Bonchev–Trinajstić information content (AvgIpc) is 3.21. The standard InChI is InChI=1S/C21H23N5O4S/c1-4-26-20(15-7-10-17(29-2)18(11-15)30-3)24-25-21(26)31-13-19(28)23-22-12-14-5-8-16(27)9-6-14/h5-12,27H,4,13H2,1-3H3,(H,23,28)/b22-12-. The van der Waals surface area contributed by atoms with Crippen LogP contribution in [0.2, 0.25) is 0 Å². The summed E-state index contributed by atoms with van der Waals surface area (Å²) in [6, 6.07) is 12.0. The van der Waals surface area contributed by atoms with Crippen molar-refractivity contribution in [2.75, 3.05) is 20.0 Å². The number of aromatic hydroxyl groups is 1. The van der Waals surface area contributed by atoms with Crippen molar-refractivity contribution in [3.05, 3.63) is 48.0 Å². The van der Waals surface area contributed by atoms with Gasteiger partial charge in [-0.25, -0.2) is 5.43 Å². The van der Waals surface area contributed by atoms with Crippen molar-refractivity contribution in [2.45, 2.75) is 18.6 Å². The van der Waals surface area contributed by atoms with Crippen molar-refractivity contribution in [1.82, 2.24) is 20.2 Å². The molecular weight excluding hydrogens is 418 g/mol. The van der Waals surface area contributed by atoms with E-state index < -0.39 is 0 Å². The van der Waals surface area contributed by atoms with Crippen LogP contribution in [0.25, 0.3) is 11.4 Å². The van der Waals surface area contributed by atoms with E-state index in [0.29, 0.717) is 29.0 Å². The number of carbonyl (C=O) groups excluding carboxylic acids is 1. The minimum Gasteiger partial charge on any atom is -0.508 e. The molecule has 0 saturated heterocycles. The Morgan fingerprint density at radius 1 is 1.16 bits per heavy atom. The molecule has 0 aliphatic heterocycles.